The Hall–Kier alpha value is -2.07. The lowest BCUT2D eigenvalue weighted by Gasteiger charge is -2.21. The minimum absolute atomic E-state index is 0.00546. The number of hydrogen-bond donors (Lipinski definition) is 2. The molecular formula is C17H20FNO2. The molecule has 2 aromatic rings. The van der Waals surface area contributed by atoms with Crippen molar-refractivity contribution < 1.29 is 14.2 Å². The van der Waals surface area contributed by atoms with E-state index in [2.05, 4.69) is 5.32 Å². The summed E-state index contributed by atoms with van der Waals surface area (Å²) >= 11 is 0. The van der Waals surface area contributed by atoms with Crippen molar-refractivity contribution in [1.82, 2.24) is 5.32 Å². The van der Waals surface area contributed by atoms with E-state index in [0.29, 0.717) is 11.3 Å². The fraction of sp³-hybridized carbons (Fsp3) is 0.294. The Morgan fingerprint density at radius 1 is 1.10 bits per heavy atom. The number of hydrogen-bond acceptors (Lipinski definition) is 3. The number of ether oxygens (including phenoxy) is 1. The van der Waals surface area contributed by atoms with E-state index < -0.39 is 0 Å². The first-order chi connectivity index (χ1) is 10.0. The smallest absolute Gasteiger partial charge is 0.160 e. The molecule has 0 saturated heterocycles. The zero-order valence-corrected chi connectivity index (χ0v) is 12.4. The van der Waals surface area contributed by atoms with Gasteiger partial charge in [-0.25, -0.2) is 4.39 Å². The highest BCUT2D eigenvalue weighted by Gasteiger charge is 2.15. The average Bonchev–Trinajstić information content (AvgIpc) is 2.48. The van der Waals surface area contributed by atoms with Gasteiger partial charge >= 0.3 is 0 Å². The lowest BCUT2D eigenvalue weighted by atomic mass is 10.0. The molecule has 3 nitrogen and oxygen atoms in total. The maximum absolute atomic E-state index is 13.8. The summed E-state index contributed by atoms with van der Waals surface area (Å²) in [7, 11) is 1.51. The van der Waals surface area contributed by atoms with Crippen molar-refractivity contribution in [2.45, 2.75) is 25.9 Å². The molecule has 4 heteroatoms. The van der Waals surface area contributed by atoms with Gasteiger partial charge in [-0.3, -0.25) is 0 Å². The molecule has 2 atom stereocenters. The van der Waals surface area contributed by atoms with E-state index >= 15 is 0 Å². The highest BCUT2D eigenvalue weighted by molar-refractivity contribution is 5.42. The number of rotatable bonds is 5. The van der Waals surface area contributed by atoms with Crippen molar-refractivity contribution in [2.24, 2.45) is 0 Å². The van der Waals surface area contributed by atoms with Crippen LogP contribution in [0.15, 0.2) is 42.5 Å². The number of benzene rings is 2. The van der Waals surface area contributed by atoms with Gasteiger partial charge in [0.15, 0.2) is 11.5 Å². The largest absolute Gasteiger partial charge is 0.504 e. The second-order valence-electron chi connectivity index (χ2n) is 5.06. The number of methoxy groups -OCH3 is 1. The molecule has 0 aromatic heterocycles. The fourth-order valence-corrected chi connectivity index (χ4v) is 2.35. The molecule has 0 spiro atoms. The zero-order valence-electron chi connectivity index (χ0n) is 12.4. The van der Waals surface area contributed by atoms with Gasteiger partial charge in [-0.05, 0) is 37.6 Å². The number of phenols is 1. The van der Waals surface area contributed by atoms with Crippen LogP contribution in [-0.4, -0.2) is 12.2 Å². The second-order valence-corrected chi connectivity index (χ2v) is 5.06. The van der Waals surface area contributed by atoms with E-state index in [0.717, 1.165) is 5.56 Å². The Labute approximate surface area is 124 Å². The minimum Gasteiger partial charge on any atom is -0.504 e. The van der Waals surface area contributed by atoms with Crippen molar-refractivity contribution in [1.29, 1.82) is 0 Å². The molecule has 2 aromatic carbocycles. The normalized spacial score (nSPS) is 13.7. The first-order valence-electron chi connectivity index (χ1n) is 6.90. The van der Waals surface area contributed by atoms with Crippen LogP contribution in [0.4, 0.5) is 4.39 Å². The molecule has 112 valence electrons. The maximum atomic E-state index is 13.8. The third-order valence-electron chi connectivity index (χ3n) is 3.58. The summed E-state index contributed by atoms with van der Waals surface area (Å²) in [6.07, 6.45) is 0. The number of phenolic OH excluding ortho intramolecular Hbond substituents is 1. The van der Waals surface area contributed by atoms with Crippen LogP contribution in [-0.2, 0) is 0 Å². The monoisotopic (exact) mass is 289 g/mol. The minimum atomic E-state index is -0.215. The summed E-state index contributed by atoms with van der Waals surface area (Å²) in [5.74, 6) is 0.322. The summed E-state index contributed by atoms with van der Waals surface area (Å²) in [6, 6.07) is 11.8. The van der Waals surface area contributed by atoms with E-state index in [-0.39, 0.29) is 23.7 Å². The number of halogens is 1. The Kier molecular flexibility index (Phi) is 4.81. The Morgan fingerprint density at radius 3 is 2.48 bits per heavy atom. The first kappa shape index (κ1) is 15.3. The molecule has 2 rings (SSSR count). The van der Waals surface area contributed by atoms with E-state index in [1.54, 1.807) is 24.3 Å². The van der Waals surface area contributed by atoms with Gasteiger partial charge in [-0.2, -0.15) is 0 Å². The quantitative estimate of drug-likeness (QED) is 0.875. The van der Waals surface area contributed by atoms with E-state index in [1.165, 1.54) is 13.2 Å². The molecule has 1 unspecified atom stereocenters. The molecule has 0 bridgehead atoms. The van der Waals surface area contributed by atoms with Crippen LogP contribution in [0.3, 0.4) is 0 Å². The van der Waals surface area contributed by atoms with Crippen LogP contribution in [0, 0.1) is 5.82 Å². The van der Waals surface area contributed by atoms with Gasteiger partial charge in [0, 0.05) is 17.6 Å². The van der Waals surface area contributed by atoms with E-state index in [4.69, 9.17) is 4.74 Å². The summed E-state index contributed by atoms with van der Waals surface area (Å²) in [4.78, 5) is 0. The Morgan fingerprint density at radius 2 is 1.81 bits per heavy atom. The molecule has 0 aliphatic carbocycles. The molecule has 21 heavy (non-hydrogen) atoms. The second kappa shape index (κ2) is 6.59. The molecule has 0 amide bonds. The molecule has 0 radical (unpaired) electrons. The number of aromatic hydroxyl groups is 1. The lowest BCUT2D eigenvalue weighted by Crippen LogP contribution is -2.23. The topological polar surface area (TPSA) is 41.5 Å². The van der Waals surface area contributed by atoms with Crippen molar-refractivity contribution in [3.05, 3.63) is 59.4 Å². The highest BCUT2D eigenvalue weighted by Crippen LogP contribution is 2.30. The molecule has 2 N–H and O–H groups in total. The van der Waals surface area contributed by atoms with Gasteiger partial charge in [0.05, 0.1) is 7.11 Å². The van der Waals surface area contributed by atoms with Gasteiger partial charge in [0.1, 0.15) is 5.82 Å². The van der Waals surface area contributed by atoms with Crippen molar-refractivity contribution >= 4 is 0 Å². The zero-order chi connectivity index (χ0) is 15.4. The fourth-order valence-electron chi connectivity index (χ4n) is 2.35. The average molecular weight is 289 g/mol. The SMILES string of the molecule is COc1cc(C(C)N[C@H](C)c2ccccc2F)ccc1O. The summed E-state index contributed by atoms with van der Waals surface area (Å²) in [5.41, 5.74) is 1.60. The van der Waals surface area contributed by atoms with Gasteiger partial charge in [-0.15, -0.1) is 0 Å². The van der Waals surface area contributed by atoms with Crippen LogP contribution in [0.25, 0.3) is 0 Å². The summed E-state index contributed by atoms with van der Waals surface area (Å²) < 4.78 is 18.9. The van der Waals surface area contributed by atoms with Gasteiger partial charge in [0.2, 0.25) is 0 Å². The Bertz CT molecular complexity index is 615. The Balaban J connectivity index is 2.14. The molecule has 0 aliphatic rings. The third kappa shape index (κ3) is 3.52. The molecule has 0 heterocycles. The van der Waals surface area contributed by atoms with Gasteiger partial charge < -0.3 is 15.2 Å². The molecule has 0 aliphatic heterocycles. The maximum Gasteiger partial charge on any atom is 0.160 e. The van der Waals surface area contributed by atoms with E-state index in [9.17, 15) is 9.50 Å². The highest BCUT2D eigenvalue weighted by atomic mass is 19.1. The van der Waals surface area contributed by atoms with Crippen molar-refractivity contribution in [3.63, 3.8) is 0 Å². The van der Waals surface area contributed by atoms with Crippen LogP contribution in [0.1, 0.15) is 37.1 Å². The molecular weight excluding hydrogens is 269 g/mol. The first-order valence-corrected chi connectivity index (χ1v) is 6.90. The van der Waals surface area contributed by atoms with Gasteiger partial charge in [-0.1, -0.05) is 24.3 Å². The molecule has 0 saturated carbocycles. The summed E-state index contributed by atoms with van der Waals surface area (Å²) in [5, 5.41) is 13.0. The van der Waals surface area contributed by atoms with Crippen LogP contribution >= 0.6 is 0 Å². The summed E-state index contributed by atoms with van der Waals surface area (Å²) in [6.45, 7) is 3.91. The lowest BCUT2D eigenvalue weighted by molar-refractivity contribution is 0.371. The van der Waals surface area contributed by atoms with Crippen LogP contribution in [0.5, 0.6) is 11.5 Å². The third-order valence-corrected chi connectivity index (χ3v) is 3.58. The van der Waals surface area contributed by atoms with Gasteiger partial charge in [0.25, 0.3) is 0 Å². The van der Waals surface area contributed by atoms with Crippen molar-refractivity contribution in [3.8, 4) is 11.5 Å². The predicted octanol–water partition coefficient (Wildman–Crippen LogP) is 3.95. The number of nitrogens with one attached hydrogen (secondary N) is 1. The van der Waals surface area contributed by atoms with Crippen LogP contribution < -0.4 is 10.1 Å². The predicted molar refractivity (Wildman–Crippen MR) is 81.0 cm³/mol. The van der Waals surface area contributed by atoms with E-state index in [1.807, 2.05) is 26.0 Å². The molecule has 0 fully saturated rings. The van der Waals surface area contributed by atoms with Crippen LogP contribution in [0.2, 0.25) is 0 Å². The standard InChI is InChI=1S/C17H20FNO2/c1-11(13-8-9-16(20)17(10-13)21-3)19-12(2)14-6-4-5-7-15(14)18/h4-12,19-20H,1-3H3/t11?,12-/m1/s1. The van der Waals surface area contributed by atoms with Crippen molar-refractivity contribution in [2.75, 3.05) is 7.11 Å².